The highest BCUT2D eigenvalue weighted by molar-refractivity contribution is 7.23. The number of carbonyl (C=O) groups excluding carboxylic acids is 3. The summed E-state index contributed by atoms with van der Waals surface area (Å²) in [6.07, 6.45) is 3.51. The highest BCUT2D eigenvalue weighted by Gasteiger charge is 2.32. The average molecular weight is 697 g/mol. The van der Waals surface area contributed by atoms with Crippen LogP contribution in [0.4, 0.5) is 14.6 Å². The zero-order valence-corrected chi connectivity index (χ0v) is 30.5. The molecule has 5 rings (SSSR count). The van der Waals surface area contributed by atoms with Crippen molar-refractivity contribution < 1.29 is 28.6 Å². The number of para-hydroxylation sites is 1. The highest BCUT2D eigenvalue weighted by Crippen LogP contribution is 2.46. The first-order valence-corrected chi connectivity index (χ1v) is 17.5. The average Bonchev–Trinajstić information content (AvgIpc) is 3.70. The van der Waals surface area contributed by atoms with Crippen molar-refractivity contribution in [3.8, 4) is 16.3 Å². The third-order valence-electron chi connectivity index (χ3n) is 7.39. The molecule has 0 saturated heterocycles. The summed E-state index contributed by atoms with van der Waals surface area (Å²) in [5.41, 5.74) is 3.30. The number of aromatic nitrogens is 3. The Morgan fingerprint density at radius 3 is 2.46 bits per heavy atom. The fraction of sp³-hybridized carbons (Fsp3) is 0.500. The number of nitrogens with one attached hydrogen (secondary N) is 1. The predicted molar refractivity (Wildman–Crippen MR) is 188 cm³/mol. The van der Waals surface area contributed by atoms with Crippen LogP contribution in [0, 0.1) is 6.92 Å². The second kappa shape index (κ2) is 14.2. The Hall–Kier alpha value is -4.01. The standard InChI is InChI=1S/C34H44N6O6S2/c1-21-18-40(20-35-21)23-10-9-11-24-28(23)37-30(47-24)27-22-12-14-39(32(43)46-34(5,6)7)19-25(22)48-29(27)36-26(41)13-15-38(16-17-44-8)31(42)45-33(2,3)4/h9-11,18,20H,12-17,19H2,1-8H3,(H,36,41). The van der Waals surface area contributed by atoms with Gasteiger partial charge in [-0.25, -0.2) is 19.6 Å². The highest BCUT2D eigenvalue weighted by atomic mass is 32.1. The van der Waals surface area contributed by atoms with Gasteiger partial charge in [-0.3, -0.25) is 4.79 Å². The van der Waals surface area contributed by atoms with Crippen molar-refractivity contribution in [2.75, 3.05) is 38.7 Å². The lowest BCUT2D eigenvalue weighted by molar-refractivity contribution is -0.116. The smallest absolute Gasteiger partial charge is 0.410 e. The summed E-state index contributed by atoms with van der Waals surface area (Å²) < 4.78 is 19.4. The fourth-order valence-electron chi connectivity index (χ4n) is 5.25. The van der Waals surface area contributed by atoms with Crippen LogP contribution in [0.15, 0.2) is 30.7 Å². The van der Waals surface area contributed by atoms with Crippen LogP contribution in [0.3, 0.4) is 0 Å². The predicted octanol–water partition coefficient (Wildman–Crippen LogP) is 7.02. The number of hydrogen-bond donors (Lipinski definition) is 1. The number of rotatable bonds is 9. The molecule has 1 aromatic carbocycles. The zero-order chi connectivity index (χ0) is 34.8. The second-order valence-electron chi connectivity index (χ2n) is 13.7. The number of hydrogen-bond acceptors (Lipinski definition) is 10. The molecule has 258 valence electrons. The number of imidazole rings is 1. The van der Waals surface area contributed by atoms with E-state index in [1.54, 1.807) is 50.4 Å². The van der Waals surface area contributed by atoms with Gasteiger partial charge in [0.05, 0.1) is 35.6 Å². The van der Waals surface area contributed by atoms with Crippen LogP contribution in [0.1, 0.15) is 64.1 Å². The van der Waals surface area contributed by atoms with E-state index < -0.39 is 17.3 Å². The number of thiazole rings is 1. The summed E-state index contributed by atoms with van der Waals surface area (Å²) in [7, 11) is 1.56. The number of amides is 3. The Kier molecular flexibility index (Phi) is 10.5. The summed E-state index contributed by atoms with van der Waals surface area (Å²) in [5, 5.41) is 4.57. The van der Waals surface area contributed by atoms with Gasteiger partial charge in [-0.15, -0.1) is 22.7 Å². The molecule has 0 aliphatic carbocycles. The molecular weight excluding hydrogens is 653 g/mol. The minimum absolute atomic E-state index is 0.0545. The number of methoxy groups -OCH3 is 1. The quantitative estimate of drug-likeness (QED) is 0.198. The van der Waals surface area contributed by atoms with Crippen LogP contribution in [0.2, 0.25) is 0 Å². The summed E-state index contributed by atoms with van der Waals surface area (Å²) in [6, 6.07) is 6.05. The van der Waals surface area contributed by atoms with E-state index in [-0.39, 0.29) is 25.0 Å². The van der Waals surface area contributed by atoms with Crippen molar-refractivity contribution in [3.05, 3.63) is 46.9 Å². The maximum absolute atomic E-state index is 13.5. The van der Waals surface area contributed by atoms with Crippen LogP contribution < -0.4 is 5.32 Å². The molecule has 12 nitrogen and oxygen atoms in total. The summed E-state index contributed by atoms with van der Waals surface area (Å²) in [4.78, 5) is 53.0. The number of fused-ring (bicyclic) bond motifs is 2. The SMILES string of the molecule is COCCN(CCC(=O)Nc1sc2c(c1-c1nc3c(-n4cnc(C)c4)cccc3s1)CCN(C(=O)OC(C)(C)C)C2)C(=O)OC(C)(C)C. The number of carbonyl (C=O) groups is 3. The van der Waals surface area contributed by atoms with Gasteiger partial charge in [0.15, 0.2) is 0 Å². The molecule has 1 N–H and O–H groups in total. The second-order valence-corrected chi connectivity index (χ2v) is 15.8. The van der Waals surface area contributed by atoms with Gasteiger partial charge in [0.25, 0.3) is 0 Å². The molecule has 3 aromatic heterocycles. The molecule has 0 radical (unpaired) electrons. The monoisotopic (exact) mass is 696 g/mol. The number of ether oxygens (including phenoxy) is 3. The first kappa shape index (κ1) is 35.3. The number of benzene rings is 1. The van der Waals surface area contributed by atoms with Crippen molar-refractivity contribution in [3.63, 3.8) is 0 Å². The fourth-order valence-corrected chi connectivity index (χ4v) is 7.66. The lowest BCUT2D eigenvalue weighted by atomic mass is 10.0. The van der Waals surface area contributed by atoms with E-state index >= 15 is 0 Å². The van der Waals surface area contributed by atoms with Crippen molar-refractivity contribution in [1.82, 2.24) is 24.3 Å². The van der Waals surface area contributed by atoms with E-state index in [0.29, 0.717) is 37.7 Å². The molecule has 0 atom stereocenters. The normalized spacial score (nSPS) is 13.4. The molecule has 48 heavy (non-hydrogen) atoms. The molecule has 0 spiro atoms. The van der Waals surface area contributed by atoms with Crippen LogP contribution in [-0.4, -0.2) is 87.0 Å². The van der Waals surface area contributed by atoms with Crippen molar-refractivity contribution >= 4 is 56.0 Å². The Labute approximate surface area is 289 Å². The lowest BCUT2D eigenvalue weighted by Gasteiger charge is -2.30. The maximum atomic E-state index is 13.5. The van der Waals surface area contributed by atoms with E-state index in [1.165, 1.54) is 16.2 Å². The maximum Gasteiger partial charge on any atom is 0.410 e. The van der Waals surface area contributed by atoms with Gasteiger partial charge >= 0.3 is 12.2 Å². The molecule has 1 aliphatic rings. The third kappa shape index (κ3) is 8.52. The molecule has 3 amide bonds. The van der Waals surface area contributed by atoms with Crippen LogP contribution in [-0.2, 0) is 32.0 Å². The van der Waals surface area contributed by atoms with Gasteiger partial charge in [0.1, 0.15) is 26.7 Å². The largest absolute Gasteiger partial charge is 0.444 e. The van der Waals surface area contributed by atoms with Gasteiger partial charge in [0.2, 0.25) is 5.91 Å². The minimum atomic E-state index is -0.670. The van der Waals surface area contributed by atoms with Gasteiger partial charge in [-0.2, -0.15) is 0 Å². The summed E-state index contributed by atoms with van der Waals surface area (Å²) in [6.45, 7) is 14.5. The summed E-state index contributed by atoms with van der Waals surface area (Å²) >= 11 is 3.00. The van der Waals surface area contributed by atoms with E-state index in [9.17, 15) is 14.4 Å². The van der Waals surface area contributed by atoms with Crippen molar-refractivity contribution in [2.24, 2.45) is 0 Å². The minimum Gasteiger partial charge on any atom is -0.444 e. The van der Waals surface area contributed by atoms with E-state index in [2.05, 4.69) is 10.3 Å². The first-order valence-electron chi connectivity index (χ1n) is 15.9. The van der Waals surface area contributed by atoms with Gasteiger partial charge in [-0.1, -0.05) is 6.07 Å². The Balaban J connectivity index is 1.46. The van der Waals surface area contributed by atoms with Crippen LogP contribution in [0.5, 0.6) is 0 Å². The van der Waals surface area contributed by atoms with Gasteiger partial charge < -0.3 is 33.9 Å². The van der Waals surface area contributed by atoms with Crippen LogP contribution >= 0.6 is 22.7 Å². The van der Waals surface area contributed by atoms with Crippen LogP contribution in [0.25, 0.3) is 26.5 Å². The third-order valence-corrected chi connectivity index (χ3v) is 9.56. The number of thiophene rings is 1. The van der Waals surface area contributed by atoms with Crippen molar-refractivity contribution in [2.45, 2.75) is 79.1 Å². The van der Waals surface area contributed by atoms with Gasteiger partial charge in [-0.05, 0) is 72.6 Å². The number of anilines is 1. The summed E-state index contributed by atoms with van der Waals surface area (Å²) in [5.74, 6) is -0.250. The zero-order valence-electron chi connectivity index (χ0n) is 28.8. The molecule has 4 aromatic rings. The molecule has 0 saturated carbocycles. The Morgan fingerprint density at radius 2 is 1.79 bits per heavy atom. The molecule has 0 bridgehead atoms. The molecule has 14 heteroatoms. The molecule has 0 unspecified atom stereocenters. The molecule has 1 aliphatic heterocycles. The molecule has 4 heterocycles. The molecule has 0 fully saturated rings. The Bertz CT molecular complexity index is 1800. The topological polar surface area (TPSA) is 128 Å². The number of nitrogens with zero attached hydrogens (tertiary/aromatic N) is 5. The molecular formula is C34H44N6O6S2. The van der Waals surface area contributed by atoms with E-state index in [0.717, 1.165) is 42.6 Å². The Morgan fingerprint density at radius 1 is 1.04 bits per heavy atom. The lowest BCUT2D eigenvalue weighted by Crippen LogP contribution is -2.40. The first-order chi connectivity index (χ1) is 22.6. The number of aryl methyl sites for hydroxylation is 1. The van der Waals surface area contributed by atoms with Gasteiger partial charge in [0, 0.05) is 49.8 Å². The van der Waals surface area contributed by atoms with E-state index in [4.69, 9.17) is 19.2 Å². The van der Waals surface area contributed by atoms with Crippen molar-refractivity contribution in [1.29, 1.82) is 0 Å². The van der Waals surface area contributed by atoms with E-state index in [1.807, 2.05) is 56.7 Å².